The second kappa shape index (κ2) is 7.59. The van der Waals surface area contributed by atoms with E-state index in [1.807, 2.05) is 30.3 Å². The van der Waals surface area contributed by atoms with E-state index in [-0.39, 0.29) is 12.4 Å². The Bertz CT molecular complexity index is 489. The molecule has 0 spiro atoms. The summed E-state index contributed by atoms with van der Waals surface area (Å²) in [7, 11) is 0. The maximum Gasteiger partial charge on any atom is 0.0637 e. The van der Waals surface area contributed by atoms with Gasteiger partial charge in [0.25, 0.3) is 0 Å². The summed E-state index contributed by atoms with van der Waals surface area (Å²) in [5.41, 5.74) is 2.00. The third kappa shape index (κ3) is 4.14. The van der Waals surface area contributed by atoms with Crippen LogP contribution in [0.3, 0.4) is 0 Å². The van der Waals surface area contributed by atoms with Gasteiger partial charge in [-0.25, -0.2) is 0 Å². The lowest BCUT2D eigenvalue weighted by molar-refractivity contribution is 0.680. The third-order valence-corrected chi connectivity index (χ3v) is 3.24. The fraction of sp³-hybridized carbons (Fsp3) is 0.154. The van der Waals surface area contributed by atoms with Gasteiger partial charge in [-0.2, -0.15) is 0 Å². The summed E-state index contributed by atoms with van der Waals surface area (Å²) in [4.78, 5) is 4.23. The van der Waals surface area contributed by atoms with Gasteiger partial charge in [-0.05, 0) is 23.8 Å². The van der Waals surface area contributed by atoms with Crippen molar-refractivity contribution < 1.29 is 0 Å². The number of pyridine rings is 1. The lowest BCUT2D eigenvalue weighted by atomic mass is 10.2. The predicted molar refractivity (Wildman–Crippen MR) is 78.5 cm³/mol. The summed E-state index contributed by atoms with van der Waals surface area (Å²) in [5, 5.41) is 4.48. The molecule has 0 unspecified atom stereocenters. The summed E-state index contributed by atoms with van der Waals surface area (Å²) >= 11 is 12.0. The number of nitrogens with zero attached hydrogens (tertiary/aromatic N) is 1. The number of benzene rings is 1. The number of nitrogens with one attached hydrogen (secondary N) is 1. The quantitative estimate of drug-likeness (QED) is 0.920. The van der Waals surface area contributed by atoms with Crippen LogP contribution in [0.25, 0.3) is 0 Å². The fourth-order valence-electron chi connectivity index (χ4n) is 1.51. The van der Waals surface area contributed by atoms with Gasteiger partial charge in [0.05, 0.1) is 15.7 Å². The van der Waals surface area contributed by atoms with E-state index >= 15 is 0 Å². The third-order valence-electron chi connectivity index (χ3n) is 2.38. The number of hydrogen-bond donors (Lipinski definition) is 1. The van der Waals surface area contributed by atoms with Gasteiger partial charge in [0.15, 0.2) is 0 Å². The van der Waals surface area contributed by atoms with Crippen molar-refractivity contribution in [1.29, 1.82) is 0 Å². The lowest BCUT2D eigenvalue weighted by Crippen LogP contribution is -2.13. The average Bonchev–Trinajstić information content (AvgIpc) is 2.36. The summed E-state index contributed by atoms with van der Waals surface area (Å²) in [6, 6.07) is 11.5. The molecule has 0 atom stereocenters. The van der Waals surface area contributed by atoms with Crippen LogP contribution >= 0.6 is 35.6 Å². The Morgan fingerprint density at radius 3 is 2.56 bits per heavy atom. The summed E-state index contributed by atoms with van der Waals surface area (Å²) < 4.78 is 0. The van der Waals surface area contributed by atoms with Gasteiger partial charge in [0.2, 0.25) is 0 Å². The zero-order valence-corrected chi connectivity index (χ0v) is 11.9. The molecular weight excluding hydrogens is 291 g/mol. The van der Waals surface area contributed by atoms with E-state index in [0.29, 0.717) is 23.1 Å². The van der Waals surface area contributed by atoms with Crippen molar-refractivity contribution in [3.05, 3.63) is 63.9 Å². The van der Waals surface area contributed by atoms with Gasteiger partial charge in [0.1, 0.15) is 0 Å². The molecular formula is C13H13Cl3N2. The Morgan fingerprint density at radius 2 is 1.83 bits per heavy atom. The Morgan fingerprint density at radius 1 is 1.00 bits per heavy atom. The molecule has 0 saturated heterocycles. The molecule has 18 heavy (non-hydrogen) atoms. The Labute approximate surface area is 123 Å². The molecule has 96 valence electrons. The van der Waals surface area contributed by atoms with E-state index in [2.05, 4.69) is 10.3 Å². The molecule has 2 aromatic rings. The molecule has 2 nitrogen and oxygen atoms in total. The van der Waals surface area contributed by atoms with E-state index in [1.54, 1.807) is 12.3 Å². The van der Waals surface area contributed by atoms with Crippen LogP contribution in [0.4, 0.5) is 0 Å². The monoisotopic (exact) mass is 302 g/mol. The SMILES string of the molecule is Cl.Clc1cccc(CNCc2ccccn2)c1Cl. The van der Waals surface area contributed by atoms with E-state index in [4.69, 9.17) is 23.2 Å². The smallest absolute Gasteiger partial charge is 0.0637 e. The maximum atomic E-state index is 6.09. The molecule has 2 rings (SSSR count). The van der Waals surface area contributed by atoms with Crippen LogP contribution in [0, 0.1) is 0 Å². The Kier molecular flexibility index (Phi) is 6.44. The first-order chi connectivity index (χ1) is 8.27. The second-order valence-corrected chi connectivity index (χ2v) is 4.42. The van der Waals surface area contributed by atoms with Gasteiger partial charge in [-0.1, -0.05) is 41.4 Å². The summed E-state index contributed by atoms with van der Waals surface area (Å²) in [5.74, 6) is 0. The molecule has 0 fully saturated rings. The number of rotatable bonds is 4. The highest BCUT2D eigenvalue weighted by molar-refractivity contribution is 6.42. The molecule has 0 aliphatic carbocycles. The highest BCUT2D eigenvalue weighted by Crippen LogP contribution is 2.25. The predicted octanol–water partition coefficient (Wildman–Crippen LogP) is 4.10. The van der Waals surface area contributed by atoms with Crippen LogP contribution in [-0.4, -0.2) is 4.98 Å². The van der Waals surface area contributed by atoms with Crippen molar-refractivity contribution in [2.24, 2.45) is 0 Å². The molecule has 1 aromatic carbocycles. The van der Waals surface area contributed by atoms with Crippen LogP contribution < -0.4 is 5.32 Å². The van der Waals surface area contributed by atoms with E-state index in [1.165, 1.54) is 0 Å². The van der Waals surface area contributed by atoms with Crippen molar-refractivity contribution in [1.82, 2.24) is 10.3 Å². The normalized spacial score (nSPS) is 9.89. The number of aromatic nitrogens is 1. The molecule has 1 N–H and O–H groups in total. The molecule has 0 radical (unpaired) electrons. The summed E-state index contributed by atoms with van der Waals surface area (Å²) in [6.07, 6.45) is 1.78. The lowest BCUT2D eigenvalue weighted by Gasteiger charge is -2.07. The highest BCUT2D eigenvalue weighted by Gasteiger charge is 2.03. The standard InChI is InChI=1S/C13H12Cl2N2.ClH/c14-12-6-3-4-10(13(12)15)8-16-9-11-5-1-2-7-17-11;/h1-7,16H,8-9H2;1H. The van der Waals surface area contributed by atoms with E-state index in [0.717, 1.165) is 11.3 Å². The molecule has 0 amide bonds. The average molecular weight is 304 g/mol. The molecule has 1 aromatic heterocycles. The fourth-order valence-corrected chi connectivity index (χ4v) is 1.90. The van der Waals surface area contributed by atoms with Crippen LogP contribution in [0.1, 0.15) is 11.3 Å². The van der Waals surface area contributed by atoms with Crippen molar-refractivity contribution in [3.8, 4) is 0 Å². The van der Waals surface area contributed by atoms with Crippen LogP contribution in [0.5, 0.6) is 0 Å². The van der Waals surface area contributed by atoms with Crippen LogP contribution in [-0.2, 0) is 13.1 Å². The topological polar surface area (TPSA) is 24.9 Å². The first-order valence-corrected chi connectivity index (χ1v) is 6.06. The molecule has 0 aliphatic rings. The van der Waals surface area contributed by atoms with E-state index in [9.17, 15) is 0 Å². The largest absolute Gasteiger partial charge is 0.307 e. The zero-order chi connectivity index (χ0) is 12.1. The van der Waals surface area contributed by atoms with Gasteiger partial charge < -0.3 is 5.32 Å². The van der Waals surface area contributed by atoms with Gasteiger partial charge in [-0.15, -0.1) is 12.4 Å². The van der Waals surface area contributed by atoms with Crippen LogP contribution in [0.15, 0.2) is 42.6 Å². The van der Waals surface area contributed by atoms with Crippen molar-refractivity contribution in [2.45, 2.75) is 13.1 Å². The van der Waals surface area contributed by atoms with Crippen molar-refractivity contribution >= 4 is 35.6 Å². The van der Waals surface area contributed by atoms with Crippen molar-refractivity contribution in [2.75, 3.05) is 0 Å². The van der Waals surface area contributed by atoms with Crippen molar-refractivity contribution in [3.63, 3.8) is 0 Å². The molecule has 5 heteroatoms. The molecule has 0 bridgehead atoms. The molecule has 1 heterocycles. The first kappa shape index (κ1) is 15.3. The van der Waals surface area contributed by atoms with E-state index < -0.39 is 0 Å². The Balaban J connectivity index is 0.00000162. The zero-order valence-electron chi connectivity index (χ0n) is 9.57. The summed E-state index contributed by atoms with van der Waals surface area (Å²) in [6.45, 7) is 1.39. The minimum absolute atomic E-state index is 0. The van der Waals surface area contributed by atoms with Gasteiger partial charge >= 0.3 is 0 Å². The molecule has 0 aliphatic heterocycles. The first-order valence-electron chi connectivity index (χ1n) is 5.31. The minimum Gasteiger partial charge on any atom is -0.307 e. The number of hydrogen-bond acceptors (Lipinski definition) is 2. The minimum atomic E-state index is 0. The molecule has 0 saturated carbocycles. The number of halogens is 3. The Hall–Kier alpha value is -0.800. The maximum absolute atomic E-state index is 6.09. The van der Waals surface area contributed by atoms with Gasteiger partial charge in [-0.3, -0.25) is 4.98 Å². The van der Waals surface area contributed by atoms with Gasteiger partial charge in [0, 0.05) is 19.3 Å². The van der Waals surface area contributed by atoms with Crippen LogP contribution in [0.2, 0.25) is 10.0 Å². The second-order valence-electron chi connectivity index (χ2n) is 3.64. The highest BCUT2D eigenvalue weighted by atomic mass is 35.5.